The SMILES string of the molecule is CCC1(c2cccc(C(F)(F)F)c2)OCc2c1cnc(C)c2O. The van der Waals surface area contributed by atoms with Crippen LogP contribution in [0.1, 0.15) is 41.3 Å². The Labute approximate surface area is 131 Å². The number of fused-ring (bicyclic) bond motifs is 1. The number of hydrogen-bond acceptors (Lipinski definition) is 3. The molecular formula is C17H16F3NO2. The molecule has 1 atom stereocenters. The zero-order chi connectivity index (χ0) is 16.8. The van der Waals surface area contributed by atoms with Crippen molar-refractivity contribution in [3.63, 3.8) is 0 Å². The Morgan fingerprint density at radius 2 is 2.09 bits per heavy atom. The van der Waals surface area contributed by atoms with Gasteiger partial charge in [0.15, 0.2) is 0 Å². The fourth-order valence-electron chi connectivity index (χ4n) is 3.10. The van der Waals surface area contributed by atoms with Crippen LogP contribution in [0, 0.1) is 6.92 Å². The first kappa shape index (κ1) is 15.8. The largest absolute Gasteiger partial charge is 0.506 e. The summed E-state index contributed by atoms with van der Waals surface area (Å²) in [4.78, 5) is 4.14. The van der Waals surface area contributed by atoms with E-state index in [1.165, 1.54) is 6.07 Å². The second-order valence-electron chi connectivity index (χ2n) is 5.63. The highest BCUT2D eigenvalue weighted by Gasteiger charge is 2.43. The van der Waals surface area contributed by atoms with Crippen molar-refractivity contribution in [2.45, 2.75) is 38.7 Å². The van der Waals surface area contributed by atoms with E-state index in [0.717, 1.165) is 12.1 Å². The average Bonchev–Trinajstić information content (AvgIpc) is 2.91. The maximum Gasteiger partial charge on any atom is 0.416 e. The third-order valence-electron chi connectivity index (χ3n) is 4.39. The molecule has 0 fully saturated rings. The van der Waals surface area contributed by atoms with Crippen LogP contribution in [0.3, 0.4) is 0 Å². The third kappa shape index (κ3) is 2.37. The summed E-state index contributed by atoms with van der Waals surface area (Å²) in [5, 5.41) is 10.2. The minimum Gasteiger partial charge on any atom is -0.506 e. The number of aromatic hydroxyl groups is 1. The Bertz CT molecular complexity index is 758. The van der Waals surface area contributed by atoms with E-state index >= 15 is 0 Å². The maximum atomic E-state index is 13.0. The van der Waals surface area contributed by atoms with Gasteiger partial charge in [0, 0.05) is 17.3 Å². The molecule has 1 N–H and O–H groups in total. The number of nitrogens with zero attached hydrogens (tertiary/aromatic N) is 1. The molecule has 0 spiro atoms. The molecular weight excluding hydrogens is 307 g/mol. The molecule has 122 valence electrons. The van der Waals surface area contributed by atoms with Gasteiger partial charge in [-0.05, 0) is 31.0 Å². The summed E-state index contributed by atoms with van der Waals surface area (Å²) < 4.78 is 44.9. The first-order valence-electron chi connectivity index (χ1n) is 7.29. The van der Waals surface area contributed by atoms with Gasteiger partial charge in [0.25, 0.3) is 0 Å². The van der Waals surface area contributed by atoms with E-state index in [4.69, 9.17) is 4.74 Å². The van der Waals surface area contributed by atoms with Crippen molar-refractivity contribution in [3.8, 4) is 5.75 Å². The lowest BCUT2D eigenvalue weighted by atomic mass is 9.83. The van der Waals surface area contributed by atoms with Gasteiger partial charge in [-0.15, -0.1) is 0 Å². The van der Waals surface area contributed by atoms with Crippen molar-refractivity contribution in [2.75, 3.05) is 0 Å². The number of hydrogen-bond donors (Lipinski definition) is 1. The van der Waals surface area contributed by atoms with Crippen LogP contribution < -0.4 is 0 Å². The smallest absolute Gasteiger partial charge is 0.416 e. The standard InChI is InChI=1S/C17H16F3NO2/c1-3-16(11-5-4-6-12(7-11)17(18,19)20)14-8-21-10(2)15(22)13(14)9-23-16/h4-8,22H,3,9H2,1-2H3. The molecule has 6 heteroatoms. The maximum absolute atomic E-state index is 13.0. The van der Waals surface area contributed by atoms with E-state index in [1.54, 1.807) is 19.2 Å². The van der Waals surface area contributed by atoms with Crippen LogP contribution in [0.2, 0.25) is 0 Å². The van der Waals surface area contributed by atoms with Gasteiger partial charge in [-0.1, -0.05) is 19.1 Å². The lowest BCUT2D eigenvalue weighted by Crippen LogP contribution is -2.26. The molecule has 0 amide bonds. The van der Waals surface area contributed by atoms with Crippen LogP contribution in [-0.4, -0.2) is 10.1 Å². The molecule has 0 saturated heterocycles. The number of halogens is 3. The molecule has 3 rings (SSSR count). The number of rotatable bonds is 2. The van der Waals surface area contributed by atoms with Crippen molar-refractivity contribution in [1.82, 2.24) is 4.98 Å². The highest BCUT2D eigenvalue weighted by atomic mass is 19.4. The monoisotopic (exact) mass is 323 g/mol. The van der Waals surface area contributed by atoms with E-state index in [-0.39, 0.29) is 12.4 Å². The van der Waals surface area contributed by atoms with Crippen LogP contribution in [-0.2, 0) is 23.1 Å². The van der Waals surface area contributed by atoms with Gasteiger partial charge < -0.3 is 9.84 Å². The van der Waals surface area contributed by atoms with E-state index in [2.05, 4.69) is 4.98 Å². The van der Waals surface area contributed by atoms with E-state index in [1.807, 2.05) is 6.92 Å². The summed E-state index contributed by atoms with van der Waals surface area (Å²) in [5.74, 6) is 0.0461. The first-order valence-corrected chi connectivity index (χ1v) is 7.29. The van der Waals surface area contributed by atoms with Crippen molar-refractivity contribution in [3.05, 3.63) is 58.4 Å². The average molecular weight is 323 g/mol. The second-order valence-corrected chi connectivity index (χ2v) is 5.63. The number of aromatic nitrogens is 1. The Balaban J connectivity index is 2.18. The van der Waals surface area contributed by atoms with E-state index in [0.29, 0.717) is 28.8 Å². The lowest BCUT2D eigenvalue weighted by molar-refractivity contribution is -0.137. The van der Waals surface area contributed by atoms with Gasteiger partial charge in [0.05, 0.1) is 17.9 Å². The highest BCUT2D eigenvalue weighted by Crippen LogP contribution is 2.47. The molecule has 0 aliphatic carbocycles. The molecule has 2 aromatic rings. The Hall–Kier alpha value is -2.08. The summed E-state index contributed by atoms with van der Waals surface area (Å²) in [6.45, 7) is 3.66. The van der Waals surface area contributed by atoms with Gasteiger partial charge in [0.2, 0.25) is 0 Å². The third-order valence-corrected chi connectivity index (χ3v) is 4.39. The summed E-state index contributed by atoms with van der Waals surface area (Å²) >= 11 is 0. The minimum absolute atomic E-state index is 0.0461. The highest BCUT2D eigenvalue weighted by molar-refractivity contribution is 5.50. The predicted octanol–water partition coefficient (Wildman–Crippen LogP) is 4.30. The summed E-state index contributed by atoms with van der Waals surface area (Å²) in [5.41, 5.74) is 0.375. The predicted molar refractivity (Wildman–Crippen MR) is 77.9 cm³/mol. The number of ether oxygens (including phenoxy) is 1. The van der Waals surface area contributed by atoms with E-state index < -0.39 is 17.3 Å². The Morgan fingerprint density at radius 1 is 1.35 bits per heavy atom. The molecule has 0 radical (unpaired) electrons. The molecule has 1 aliphatic heterocycles. The number of aryl methyl sites for hydroxylation is 1. The van der Waals surface area contributed by atoms with Crippen LogP contribution in [0.5, 0.6) is 5.75 Å². The Morgan fingerprint density at radius 3 is 2.74 bits per heavy atom. The van der Waals surface area contributed by atoms with Crippen molar-refractivity contribution in [1.29, 1.82) is 0 Å². The van der Waals surface area contributed by atoms with Gasteiger partial charge >= 0.3 is 6.18 Å². The quantitative estimate of drug-likeness (QED) is 0.896. The van der Waals surface area contributed by atoms with Crippen LogP contribution >= 0.6 is 0 Å². The zero-order valence-corrected chi connectivity index (χ0v) is 12.7. The Kier molecular flexibility index (Phi) is 3.59. The molecule has 3 nitrogen and oxygen atoms in total. The lowest BCUT2D eigenvalue weighted by Gasteiger charge is -2.29. The van der Waals surface area contributed by atoms with Gasteiger partial charge in [-0.2, -0.15) is 13.2 Å². The van der Waals surface area contributed by atoms with Crippen LogP contribution in [0.4, 0.5) is 13.2 Å². The van der Waals surface area contributed by atoms with Crippen molar-refractivity contribution < 1.29 is 23.0 Å². The van der Waals surface area contributed by atoms with Crippen LogP contribution in [0.25, 0.3) is 0 Å². The topological polar surface area (TPSA) is 42.4 Å². The molecule has 2 heterocycles. The molecule has 0 saturated carbocycles. The summed E-state index contributed by atoms with van der Waals surface area (Å²) in [7, 11) is 0. The van der Waals surface area contributed by atoms with Gasteiger partial charge in [-0.3, -0.25) is 4.98 Å². The second kappa shape index (κ2) is 5.23. The molecule has 1 aromatic carbocycles. The van der Waals surface area contributed by atoms with Gasteiger partial charge in [0.1, 0.15) is 11.4 Å². The fourth-order valence-corrected chi connectivity index (χ4v) is 3.10. The molecule has 1 unspecified atom stereocenters. The molecule has 1 aromatic heterocycles. The zero-order valence-electron chi connectivity index (χ0n) is 12.7. The number of alkyl halides is 3. The van der Waals surface area contributed by atoms with Gasteiger partial charge in [-0.25, -0.2) is 0 Å². The summed E-state index contributed by atoms with van der Waals surface area (Å²) in [6.07, 6.45) is -2.40. The van der Waals surface area contributed by atoms with E-state index in [9.17, 15) is 18.3 Å². The molecule has 1 aliphatic rings. The van der Waals surface area contributed by atoms with Crippen molar-refractivity contribution in [2.24, 2.45) is 0 Å². The summed E-state index contributed by atoms with van der Waals surface area (Å²) in [6, 6.07) is 5.13. The number of benzene rings is 1. The minimum atomic E-state index is -4.42. The first-order chi connectivity index (χ1) is 10.8. The van der Waals surface area contributed by atoms with Crippen molar-refractivity contribution >= 4 is 0 Å². The fraction of sp³-hybridized carbons (Fsp3) is 0.353. The number of pyridine rings is 1. The molecule has 23 heavy (non-hydrogen) atoms. The van der Waals surface area contributed by atoms with Crippen LogP contribution in [0.15, 0.2) is 30.5 Å². The molecule has 0 bridgehead atoms. The normalized spacial score (nSPS) is 20.6.